The van der Waals surface area contributed by atoms with Crippen molar-refractivity contribution in [2.24, 2.45) is 5.84 Å². The highest BCUT2D eigenvalue weighted by molar-refractivity contribution is 5.23. The lowest BCUT2D eigenvalue weighted by molar-refractivity contribution is 0.483. The van der Waals surface area contributed by atoms with Gasteiger partial charge in [0.2, 0.25) is 0 Å². The fraction of sp³-hybridized carbons (Fsp3) is 0.294. The first kappa shape index (κ1) is 15.6. The number of hydrogen-bond donors (Lipinski definition) is 2. The summed E-state index contributed by atoms with van der Waals surface area (Å²) in [5, 5.41) is 0. The largest absolute Gasteiger partial charge is 0.271 e. The molecule has 0 aromatic heterocycles. The normalized spacial score (nSPS) is 12.4. The third-order valence-electron chi connectivity index (χ3n) is 3.57. The summed E-state index contributed by atoms with van der Waals surface area (Å²) in [6.07, 6.45) is 2.29. The van der Waals surface area contributed by atoms with E-state index in [1.807, 2.05) is 6.07 Å². The van der Waals surface area contributed by atoms with Gasteiger partial charge in [0.15, 0.2) is 11.6 Å². The van der Waals surface area contributed by atoms with Gasteiger partial charge in [0, 0.05) is 6.04 Å². The Kier molecular flexibility index (Phi) is 5.42. The van der Waals surface area contributed by atoms with Crippen LogP contribution in [-0.2, 0) is 12.8 Å². The summed E-state index contributed by atoms with van der Waals surface area (Å²) in [4.78, 5) is 0. The molecule has 3 N–H and O–H groups in total. The van der Waals surface area contributed by atoms with Gasteiger partial charge in [-0.25, -0.2) is 8.78 Å². The lowest BCUT2D eigenvalue weighted by Crippen LogP contribution is -2.37. The zero-order valence-electron chi connectivity index (χ0n) is 12.1. The molecule has 4 heteroatoms. The molecular weight excluding hydrogens is 270 g/mol. The molecule has 1 atom stereocenters. The summed E-state index contributed by atoms with van der Waals surface area (Å²) in [6, 6.07) is 12.3. The van der Waals surface area contributed by atoms with Crippen LogP contribution in [0.25, 0.3) is 0 Å². The molecule has 0 aliphatic carbocycles. The van der Waals surface area contributed by atoms with Gasteiger partial charge in [0.1, 0.15) is 0 Å². The second kappa shape index (κ2) is 7.29. The fourth-order valence-corrected chi connectivity index (χ4v) is 2.40. The van der Waals surface area contributed by atoms with Crippen LogP contribution in [0.3, 0.4) is 0 Å². The van der Waals surface area contributed by atoms with Gasteiger partial charge in [0.25, 0.3) is 0 Å². The van der Waals surface area contributed by atoms with Crippen LogP contribution in [0.5, 0.6) is 0 Å². The average Bonchev–Trinajstić information content (AvgIpc) is 2.47. The molecule has 0 saturated carbocycles. The molecular formula is C17H20F2N2. The lowest BCUT2D eigenvalue weighted by atomic mass is 9.99. The van der Waals surface area contributed by atoms with Crippen LogP contribution < -0.4 is 11.3 Å². The molecule has 1 unspecified atom stereocenters. The molecule has 0 bridgehead atoms. The quantitative estimate of drug-likeness (QED) is 0.633. The molecule has 0 spiro atoms. The van der Waals surface area contributed by atoms with E-state index in [1.165, 1.54) is 17.2 Å². The molecule has 2 nitrogen and oxygen atoms in total. The Hall–Kier alpha value is -1.78. The van der Waals surface area contributed by atoms with Crippen LogP contribution in [0.2, 0.25) is 0 Å². The summed E-state index contributed by atoms with van der Waals surface area (Å²) < 4.78 is 26.1. The van der Waals surface area contributed by atoms with E-state index in [4.69, 9.17) is 5.84 Å². The maximum atomic E-state index is 13.2. The van der Waals surface area contributed by atoms with Crippen molar-refractivity contribution in [1.29, 1.82) is 0 Å². The van der Waals surface area contributed by atoms with Crippen molar-refractivity contribution in [1.82, 2.24) is 5.43 Å². The number of nitrogens with two attached hydrogens (primary N) is 1. The van der Waals surface area contributed by atoms with Crippen molar-refractivity contribution in [3.8, 4) is 0 Å². The third kappa shape index (κ3) is 4.62. The first-order valence-corrected chi connectivity index (χ1v) is 7.04. The predicted molar refractivity (Wildman–Crippen MR) is 80.7 cm³/mol. The summed E-state index contributed by atoms with van der Waals surface area (Å²) in [5.41, 5.74) is 5.97. The van der Waals surface area contributed by atoms with Crippen molar-refractivity contribution in [2.75, 3.05) is 0 Å². The van der Waals surface area contributed by atoms with E-state index < -0.39 is 11.6 Å². The number of nitrogens with one attached hydrogen (secondary N) is 1. The monoisotopic (exact) mass is 290 g/mol. The molecule has 2 aromatic carbocycles. The van der Waals surface area contributed by atoms with Gasteiger partial charge in [-0.2, -0.15) is 0 Å². The highest BCUT2D eigenvalue weighted by Gasteiger charge is 2.10. The van der Waals surface area contributed by atoms with E-state index in [9.17, 15) is 8.78 Å². The topological polar surface area (TPSA) is 38.0 Å². The van der Waals surface area contributed by atoms with Crippen LogP contribution in [-0.4, -0.2) is 6.04 Å². The van der Waals surface area contributed by atoms with Crippen LogP contribution in [0, 0.1) is 18.6 Å². The lowest BCUT2D eigenvalue weighted by Gasteiger charge is -2.16. The van der Waals surface area contributed by atoms with Crippen molar-refractivity contribution in [3.05, 3.63) is 70.8 Å². The van der Waals surface area contributed by atoms with Gasteiger partial charge in [0.05, 0.1) is 0 Å². The molecule has 0 amide bonds. The van der Waals surface area contributed by atoms with E-state index in [0.29, 0.717) is 6.42 Å². The Morgan fingerprint density at radius 2 is 1.86 bits per heavy atom. The van der Waals surface area contributed by atoms with Crippen molar-refractivity contribution in [3.63, 3.8) is 0 Å². The first-order valence-electron chi connectivity index (χ1n) is 7.04. The Labute approximate surface area is 124 Å². The van der Waals surface area contributed by atoms with Crippen LogP contribution >= 0.6 is 0 Å². The fourth-order valence-electron chi connectivity index (χ4n) is 2.40. The van der Waals surface area contributed by atoms with Gasteiger partial charge in [-0.05, 0) is 49.4 Å². The number of hydrazine groups is 1. The van der Waals surface area contributed by atoms with E-state index in [2.05, 4.69) is 30.5 Å². The SMILES string of the molecule is Cc1cccc(CCC(Cc2ccc(F)c(F)c2)NN)c1. The van der Waals surface area contributed by atoms with Gasteiger partial charge in [-0.3, -0.25) is 11.3 Å². The Morgan fingerprint density at radius 1 is 1.05 bits per heavy atom. The van der Waals surface area contributed by atoms with Crippen LogP contribution in [0.1, 0.15) is 23.1 Å². The second-order valence-electron chi connectivity index (χ2n) is 5.34. The minimum absolute atomic E-state index is 0.0235. The molecule has 0 saturated heterocycles. The van der Waals surface area contributed by atoms with Gasteiger partial charge in [-0.15, -0.1) is 0 Å². The van der Waals surface area contributed by atoms with E-state index in [0.717, 1.165) is 24.5 Å². The molecule has 0 radical (unpaired) electrons. The zero-order valence-corrected chi connectivity index (χ0v) is 12.1. The maximum absolute atomic E-state index is 13.2. The number of aryl methyl sites for hydroxylation is 2. The first-order chi connectivity index (χ1) is 10.1. The number of hydrogen-bond acceptors (Lipinski definition) is 2. The molecule has 0 fully saturated rings. The highest BCUT2D eigenvalue weighted by atomic mass is 19.2. The minimum atomic E-state index is -0.823. The average molecular weight is 290 g/mol. The summed E-state index contributed by atoms with van der Waals surface area (Å²) in [7, 11) is 0. The summed E-state index contributed by atoms with van der Waals surface area (Å²) >= 11 is 0. The van der Waals surface area contributed by atoms with Crippen LogP contribution in [0.4, 0.5) is 8.78 Å². The molecule has 112 valence electrons. The maximum Gasteiger partial charge on any atom is 0.159 e. The van der Waals surface area contributed by atoms with E-state index in [-0.39, 0.29) is 6.04 Å². The molecule has 0 aliphatic rings. The van der Waals surface area contributed by atoms with Crippen molar-refractivity contribution in [2.45, 2.75) is 32.2 Å². The minimum Gasteiger partial charge on any atom is -0.271 e. The van der Waals surface area contributed by atoms with Crippen molar-refractivity contribution >= 4 is 0 Å². The van der Waals surface area contributed by atoms with Crippen LogP contribution in [0.15, 0.2) is 42.5 Å². The van der Waals surface area contributed by atoms with Gasteiger partial charge in [-0.1, -0.05) is 35.9 Å². The third-order valence-corrected chi connectivity index (χ3v) is 3.57. The highest BCUT2D eigenvalue weighted by Crippen LogP contribution is 2.13. The Morgan fingerprint density at radius 3 is 2.52 bits per heavy atom. The zero-order chi connectivity index (χ0) is 15.2. The van der Waals surface area contributed by atoms with E-state index >= 15 is 0 Å². The molecule has 0 heterocycles. The smallest absolute Gasteiger partial charge is 0.159 e. The molecule has 0 aliphatic heterocycles. The Bertz CT molecular complexity index is 599. The molecule has 2 rings (SSSR count). The second-order valence-corrected chi connectivity index (χ2v) is 5.34. The van der Waals surface area contributed by atoms with E-state index in [1.54, 1.807) is 6.07 Å². The number of rotatable bonds is 6. The number of halogens is 2. The van der Waals surface area contributed by atoms with Gasteiger partial charge < -0.3 is 0 Å². The number of benzene rings is 2. The predicted octanol–water partition coefficient (Wildman–Crippen LogP) is 3.28. The molecule has 2 aromatic rings. The molecule has 21 heavy (non-hydrogen) atoms. The Balaban J connectivity index is 1.95. The van der Waals surface area contributed by atoms with Crippen molar-refractivity contribution < 1.29 is 8.78 Å². The summed E-state index contributed by atoms with van der Waals surface area (Å²) in [5.74, 6) is 3.92. The summed E-state index contributed by atoms with van der Waals surface area (Å²) in [6.45, 7) is 2.06. The van der Waals surface area contributed by atoms with Gasteiger partial charge >= 0.3 is 0 Å². The standard InChI is InChI=1S/C17H20F2N2/c1-12-3-2-4-13(9-12)5-7-15(21-20)10-14-6-8-16(18)17(19)11-14/h2-4,6,8-9,11,15,21H,5,7,10,20H2,1H3.